The number of hydrogen-bond acceptors (Lipinski definition) is 5. The van der Waals surface area contributed by atoms with Crippen molar-refractivity contribution in [2.45, 2.75) is 31.3 Å². The van der Waals surface area contributed by atoms with E-state index in [9.17, 15) is 14.4 Å². The zero-order valence-electron chi connectivity index (χ0n) is 19.3. The molecule has 0 radical (unpaired) electrons. The molecule has 2 saturated heterocycles. The molecule has 2 fully saturated rings. The number of carbonyl (C=O) groups is 3. The number of nitrogens with one attached hydrogen (secondary N) is 1. The molecule has 178 valence electrons. The van der Waals surface area contributed by atoms with E-state index in [2.05, 4.69) is 5.32 Å². The molecule has 0 aromatic heterocycles. The van der Waals surface area contributed by atoms with Gasteiger partial charge in [0.2, 0.25) is 12.7 Å². The maximum atomic E-state index is 13.4. The van der Waals surface area contributed by atoms with Gasteiger partial charge in [-0.3, -0.25) is 14.5 Å². The van der Waals surface area contributed by atoms with Gasteiger partial charge in [0.15, 0.2) is 11.5 Å². The Kier molecular flexibility index (Phi) is 4.91. The number of fused-ring (bicyclic) bond motifs is 2. The number of rotatable bonds is 4. The lowest BCUT2D eigenvalue weighted by Crippen LogP contribution is -2.44. The van der Waals surface area contributed by atoms with Crippen LogP contribution >= 0.6 is 0 Å². The molecule has 3 heterocycles. The number of ether oxygens (including phenoxy) is 2. The molecule has 3 aliphatic rings. The van der Waals surface area contributed by atoms with Gasteiger partial charge in [-0.1, -0.05) is 42.5 Å². The van der Waals surface area contributed by atoms with Crippen molar-refractivity contribution in [3.8, 4) is 11.5 Å². The third-order valence-corrected chi connectivity index (χ3v) is 7.25. The van der Waals surface area contributed by atoms with Crippen molar-refractivity contribution < 1.29 is 23.9 Å². The average molecular weight is 472 g/mol. The number of urea groups is 1. The van der Waals surface area contributed by atoms with Crippen LogP contribution in [0.25, 0.3) is 10.8 Å². The van der Waals surface area contributed by atoms with Crippen LogP contribution in [0.2, 0.25) is 0 Å². The first kappa shape index (κ1) is 21.5. The second-order valence-electron chi connectivity index (χ2n) is 9.37. The van der Waals surface area contributed by atoms with Crippen LogP contribution < -0.4 is 14.8 Å². The monoisotopic (exact) mass is 471 g/mol. The number of hydrogen-bond donors (Lipinski definition) is 1. The van der Waals surface area contributed by atoms with Gasteiger partial charge in [-0.25, -0.2) is 4.79 Å². The highest BCUT2D eigenvalue weighted by Crippen LogP contribution is 2.39. The fourth-order valence-corrected chi connectivity index (χ4v) is 5.29. The van der Waals surface area contributed by atoms with Crippen LogP contribution in [0.15, 0.2) is 60.7 Å². The molecule has 6 rings (SSSR count). The minimum absolute atomic E-state index is 0.135. The molecule has 8 nitrogen and oxygen atoms in total. The van der Waals surface area contributed by atoms with Gasteiger partial charge >= 0.3 is 6.03 Å². The van der Waals surface area contributed by atoms with Crippen molar-refractivity contribution in [3.05, 3.63) is 71.8 Å². The molecular weight excluding hydrogens is 446 g/mol. The van der Waals surface area contributed by atoms with Crippen molar-refractivity contribution in [2.75, 3.05) is 19.9 Å². The molecule has 3 aromatic rings. The molecule has 4 amide bonds. The van der Waals surface area contributed by atoms with E-state index in [-0.39, 0.29) is 25.3 Å². The van der Waals surface area contributed by atoms with Crippen molar-refractivity contribution in [1.29, 1.82) is 0 Å². The summed E-state index contributed by atoms with van der Waals surface area (Å²) in [5, 5.41) is 4.84. The Morgan fingerprint density at radius 1 is 1.03 bits per heavy atom. The van der Waals surface area contributed by atoms with E-state index >= 15 is 0 Å². The third kappa shape index (κ3) is 3.48. The zero-order chi connectivity index (χ0) is 24.2. The number of carbonyl (C=O) groups excluding carboxylic acids is 3. The zero-order valence-corrected chi connectivity index (χ0v) is 19.3. The largest absolute Gasteiger partial charge is 0.454 e. The lowest BCUT2D eigenvalue weighted by Gasteiger charge is -2.27. The molecule has 3 aromatic carbocycles. The summed E-state index contributed by atoms with van der Waals surface area (Å²) in [7, 11) is 0. The summed E-state index contributed by atoms with van der Waals surface area (Å²) in [6, 6.07) is 18.5. The average Bonchev–Trinajstić information content (AvgIpc) is 3.59. The number of imide groups is 1. The Hall–Kier alpha value is -4.07. The summed E-state index contributed by atoms with van der Waals surface area (Å²) in [5.41, 5.74) is 0.408. The highest BCUT2D eigenvalue weighted by molar-refractivity contribution is 6.09. The van der Waals surface area contributed by atoms with E-state index in [1.54, 1.807) is 11.8 Å². The van der Waals surface area contributed by atoms with Crippen LogP contribution in [0, 0.1) is 0 Å². The Morgan fingerprint density at radius 2 is 1.83 bits per heavy atom. The molecule has 2 atom stereocenters. The Balaban J connectivity index is 1.22. The Bertz CT molecular complexity index is 1370. The molecule has 1 N–H and O–H groups in total. The molecule has 35 heavy (non-hydrogen) atoms. The summed E-state index contributed by atoms with van der Waals surface area (Å²) in [4.78, 5) is 42.4. The van der Waals surface area contributed by atoms with Gasteiger partial charge in [0.1, 0.15) is 12.1 Å². The van der Waals surface area contributed by atoms with Gasteiger partial charge in [-0.2, -0.15) is 0 Å². The van der Waals surface area contributed by atoms with Crippen molar-refractivity contribution in [1.82, 2.24) is 15.1 Å². The molecule has 0 saturated carbocycles. The second kappa shape index (κ2) is 8.01. The normalized spacial score (nSPS) is 23.3. The first-order chi connectivity index (χ1) is 16.9. The van der Waals surface area contributed by atoms with Crippen LogP contribution in [0.5, 0.6) is 11.5 Å². The minimum Gasteiger partial charge on any atom is -0.454 e. The summed E-state index contributed by atoms with van der Waals surface area (Å²) in [6.45, 7) is 2.15. The predicted octanol–water partition coefficient (Wildman–Crippen LogP) is 3.70. The van der Waals surface area contributed by atoms with E-state index in [0.717, 1.165) is 34.1 Å². The van der Waals surface area contributed by atoms with E-state index in [0.29, 0.717) is 23.6 Å². The maximum Gasteiger partial charge on any atom is 0.325 e. The Morgan fingerprint density at radius 3 is 2.69 bits per heavy atom. The summed E-state index contributed by atoms with van der Waals surface area (Å²) < 4.78 is 10.9. The molecule has 0 aliphatic carbocycles. The number of benzene rings is 3. The lowest BCUT2D eigenvalue weighted by atomic mass is 9.90. The van der Waals surface area contributed by atoms with Crippen molar-refractivity contribution in [2.24, 2.45) is 0 Å². The van der Waals surface area contributed by atoms with Gasteiger partial charge < -0.3 is 19.7 Å². The van der Waals surface area contributed by atoms with Gasteiger partial charge in [0.05, 0.1) is 6.04 Å². The van der Waals surface area contributed by atoms with Crippen LogP contribution in [0.4, 0.5) is 4.79 Å². The van der Waals surface area contributed by atoms with Crippen molar-refractivity contribution >= 4 is 28.6 Å². The van der Waals surface area contributed by atoms with Crippen LogP contribution in [0.3, 0.4) is 0 Å². The SMILES string of the molecule is CC1(c2ccc3ccccc3c2)NC(=O)N(CC(=O)N2CCCC2c2ccc3c(c2)OCO3)C1=O. The second-order valence-corrected chi connectivity index (χ2v) is 9.37. The molecule has 8 heteroatoms. The number of amides is 4. The maximum absolute atomic E-state index is 13.4. The van der Waals surface area contributed by atoms with E-state index in [4.69, 9.17) is 9.47 Å². The van der Waals surface area contributed by atoms with E-state index in [1.807, 2.05) is 60.7 Å². The summed E-state index contributed by atoms with van der Waals surface area (Å²) in [5.74, 6) is 0.681. The predicted molar refractivity (Wildman–Crippen MR) is 128 cm³/mol. The van der Waals surface area contributed by atoms with E-state index in [1.165, 1.54) is 0 Å². The lowest BCUT2D eigenvalue weighted by molar-refractivity contribution is -0.139. The highest BCUT2D eigenvalue weighted by atomic mass is 16.7. The van der Waals surface area contributed by atoms with Crippen LogP contribution in [0.1, 0.15) is 36.9 Å². The molecule has 3 aliphatic heterocycles. The molecule has 2 unspecified atom stereocenters. The van der Waals surface area contributed by atoms with Crippen LogP contribution in [-0.4, -0.2) is 47.5 Å². The number of likely N-dealkylation sites (tertiary alicyclic amines) is 1. The fraction of sp³-hybridized carbons (Fsp3) is 0.296. The third-order valence-electron chi connectivity index (χ3n) is 7.25. The molecule has 0 bridgehead atoms. The van der Waals surface area contributed by atoms with Crippen molar-refractivity contribution in [3.63, 3.8) is 0 Å². The minimum atomic E-state index is -1.23. The topological polar surface area (TPSA) is 88.2 Å². The fourth-order valence-electron chi connectivity index (χ4n) is 5.29. The van der Waals surface area contributed by atoms with Crippen LogP contribution in [-0.2, 0) is 15.1 Å². The first-order valence-corrected chi connectivity index (χ1v) is 11.8. The van der Waals surface area contributed by atoms with Gasteiger partial charge in [-0.15, -0.1) is 0 Å². The summed E-state index contributed by atoms with van der Waals surface area (Å²) in [6.07, 6.45) is 1.65. The first-order valence-electron chi connectivity index (χ1n) is 11.8. The highest BCUT2D eigenvalue weighted by Gasteiger charge is 2.50. The van der Waals surface area contributed by atoms with Gasteiger partial charge in [0.25, 0.3) is 5.91 Å². The smallest absolute Gasteiger partial charge is 0.325 e. The molecule has 0 spiro atoms. The summed E-state index contributed by atoms with van der Waals surface area (Å²) >= 11 is 0. The quantitative estimate of drug-likeness (QED) is 0.587. The van der Waals surface area contributed by atoms with Gasteiger partial charge in [-0.05, 0) is 59.9 Å². The molecular formula is C27H25N3O5. The van der Waals surface area contributed by atoms with E-state index < -0.39 is 17.5 Å². The van der Waals surface area contributed by atoms with Gasteiger partial charge in [0, 0.05) is 6.54 Å². The number of nitrogens with zero attached hydrogens (tertiary/aromatic N) is 2. The Labute approximate surface area is 202 Å². The standard InChI is InChI=1S/C27H25N3O5/c1-27(20-10-8-17-5-2-3-6-18(17)13-20)25(32)30(26(33)28-27)15-24(31)29-12-4-7-21(29)19-9-11-22-23(14-19)35-16-34-22/h2-3,5-6,8-11,13-14,21H,4,7,12,15-16H2,1H3,(H,28,33).